The van der Waals surface area contributed by atoms with Crippen molar-refractivity contribution in [2.45, 2.75) is 25.7 Å². The van der Waals surface area contributed by atoms with Crippen molar-refractivity contribution in [2.24, 2.45) is 0 Å². The van der Waals surface area contributed by atoms with Crippen LogP contribution in [0.25, 0.3) is 0 Å². The zero-order valence-corrected chi connectivity index (χ0v) is 16.1. The fourth-order valence-corrected chi connectivity index (χ4v) is 2.83. The molecule has 0 aliphatic rings. The van der Waals surface area contributed by atoms with Gasteiger partial charge in [-0.3, -0.25) is 0 Å². The van der Waals surface area contributed by atoms with E-state index in [-0.39, 0.29) is 0 Å². The van der Waals surface area contributed by atoms with Gasteiger partial charge in [-0.05, 0) is 41.2 Å². The quantitative estimate of drug-likeness (QED) is 0.418. The van der Waals surface area contributed by atoms with E-state index in [1.807, 2.05) is 60.7 Å². The van der Waals surface area contributed by atoms with Crippen molar-refractivity contribution >= 4 is 0 Å². The SMILES string of the molecule is CC(Cc1ccc(C#N)cc1)c1ccccc1.N#COCCc1ccccc1. The van der Waals surface area contributed by atoms with Crippen LogP contribution in [0.2, 0.25) is 0 Å². The molecule has 0 N–H and O–H groups in total. The van der Waals surface area contributed by atoms with E-state index in [0.717, 1.165) is 18.4 Å². The van der Waals surface area contributed by atoms with E-state index in [9.17, 15) is 0 Å². The second-order valence-electron chi connectivity index (χ2n) is 6.50. The van der Waals surface area contributed by atoms with Crippen molar-refractivity contribution in [1.29, 1.82) is 10.5 Å². The molecular formula is C25H24N2O. The maximum atomic E-state index is 8.74. The lowest BCUT2D eigenvalue weighted by molar-refractivity contribution is 0.274. The molecule has 0 heterocycles. The Kier molecular flexibility index (Phi) is 8.85. The van der Waals surface area contributed by atoms with Crippen molar-refractivity contribution in [2.75, 3.05) is 6.61 Å². The molecule has 0 radical (unpaired) electrons. The van der Waals surface area contributed by atoms with Crippen molar-refractivity contribution in [3.05, 3.63) is 107 Å². The minimum absolute atomic E-state index is 0.473. The summed E-state index contributed by atoms with van der Waals surface area (Å²) in [6.45, 7) is 2.70. The van der Waals surface area contributed by atoms with E-state index in [0.29, 0.717) is 12.5 Å². The van der Waals surface area contributed by atoms with E-state index in [1.54, 1.807) is 6.26 Å². The molecule has 0 saturated heterocycles. The molecule has 3 heteroatoms. The van der Waals surface area contributed by atoms with Crippen LogP contribution < -0.4 is 0 Å². The van der Waals surface area contributed by atoms with Gasteiger partial charge in [-0.15, -0.1) is 0 Å². The Hall–Kier alpha value is -3.56. The Morgan fingerprint density at radius 1 is 0.786 bits per heavy atom. The van der Waals surface area contributed by atoms with Crippen molar-refractivity contribution in [3.8, 4) is 12.3 Å². The molecule has 1 unspecified atom stereocenters. The maximum Gasteiger partial charge on any atom is 0.286 e. The monoisotopic (exact) mass is 368 g/mol. The van der Waals surface area contributed by atoms with Gasteiger partial charge in [-0.2, -0.15) is 10.5 Å². The molecule has 0 spiro atoms. The molecule has 3 rings (SSSR count). The third-order valence-electron chi connectivity index (χ3n) is 4.39. The van der Waals surface area contributed by atoms with Crippen molar-refractivity contribution in [3.63, 3.8) is 0 Å². The van der Waals surface area contributed by atoms with Crippen LogP contribution in [0.4, 0.5) is 0 Å². The summed E-state index contributed by atoms with van der Waals surface area (Å²) in [5.41, 5.74) is 4.56. The van der Waals surface area contributed by atoms with Gasteiger partial charge in [0.05, 0.1) is 11.6 Å². The third kappa shape index (κ3) is 7.36. The number of nitriles is 2. The van der Waals surface area contributed by atoms with Gasteiger partial charge in [0.15, 0.2) is 0 Å². The zero-order valence-electron chi connectivity index (χ0n) is 16.1. The first-order chi connectivity index (χ1) is 13.7. The van der Waals surface area contributed by atoms with E-state index < -0.39 is 0 Å². The summed E-state index contributed by atoms with van der Waals surface area (Å²) < 4.78 is 4.54. The van der Waals surface area contributed by atoms with Crippen LogP contribution in [0, 0.1) is 22.8 Å². The molecule has 3 aromatic rings. The lowest BCUT2D eigenvalue weighted by Gasteiger charge is -2.11. The minimum atomic E-state index is 0.473. The first kappa shape index (κ1) is 20.7. The Labute approximate surface area is 167 Å². The predicted octanol–water partition coefficient (Wildman–Crippen LogP) is 5.63. The van der Waals surface area contributed by atoms with E-state index >= 15 is 0 Å². The van der Waals surface area contributed by atoms with Gasteiger partial charge in [0, 0.05) is 6.42 Å². The molecule has 0 aliphatic carbocycles. The van der Waals surface area contributed by atoms with Crippen molar-refractivity contribution < 1.29 is 4.74 Å². The van der Waals surface area contributed by atoms with Crippen LogP contribution in [-0.4, -0.2) is 6.61 Å². The number of hydrogen-bond acceptors (Lipinski definition) is 3. The Bertz CT molecular complexity index is 891. The first-order valence-electron chi connectivity index (χ1n) is 9.31. The predicted molar refractivity (Wildman–Crippen MR) is 111 cm³/mol. The van der Waals surface area contributed by atoms with E-state index in [1.165, 1.54) is 16.7 Å². The molecular weight excluding hydrogens is 344 g/mol. The molecule has 0 bridgehead atoms. The van der Waals surface area contributed by atoms with Gasteiger partial charge < -0.3 is 4.74 Å². The third-order valence-corrected chi connectivity index (χ3v) is 4.39. The van der Waals surface area contributed by atoms with Crippen LogP contribution in [0.1, 0.15) is 35.1 Å². The van der Waals surface area contributed by atoms with E-state index in [4.69, 9.17) is 10.5 Å². The second kappa shape index (κ2) is 11.9. The number of nitrogens with zero attached hydrogens (tertiary/aromatic N) is 2. The molecule has 3 nitrogen and oxygen atoms in total. The molecule has 0 aromatic heterocycles. The van der Waals surface area contributed by atoms with Crippen LogP contribution >= 0.6 is 0 Å². The molecule has 0 saturated carbocycles. The Morgan fingerprint density at radius 2 is 1.39 bits per heavy atom. The number of hydrogen-bond donors (Lipinski definition) is 0. The van der Waals surface area contributed by atoms with Crippen LogP contribution in [0.5, 0.6) is 0 Å². The van der Waals surface area contributed by atoms with Gasteiger partial charge >= 0.3 is 0 Å². The van der Waals surface area contributed by atoms with Gasteiger partial charge in [-0.1, -0.05) is 79.7 Å². The average Bonchev–Trinajstić information content (AvgIpc) is 2.76. The molecule has 0 fully saturated rings. The van der Waals surface area contributed by atoms with Crippen LogP contribution in [0.3, 0.4) is 0 Å². The second-order valence-corrected chi connectivity index (χ2v) is 6.50. The van der Waals surface area contributed by atoms with Gasteiger partial charge in [0.25, 0.3) is 6.26 Å². The summed E-state index contributed by atoms with van der Waals surface area (Å²) in [5.74, 6) is 0.504. The van der Waals surface area contributed by atoms with Gasteiger partial charge in [0.1, 0.15) is 6.61 Å². The van der Waals surface area contributed by atoms with Crippen LogP contribution in [0.15, 0.2) is 84.9 Å². The summed E-state index contributed by atoms with van der Waals surface area (Å²) in [5, 5.41) is 16.8. The molecule has 0 amide bonds. The highest BCUT2D eigenvalue weighted by atomic mass is 16.5. The van der Waals surface area contributed by atoms with Gasteiger partial charge in [-0.25, -0.2) is 0 Å². The highest BCUT2D eigenvalue weighted by molar-refractivity contribution is 5.32. The molecule has 1 atom stereocenters. The summed E-state index contributed by atoms with van der Waals surface area (Å²) in [4.78, 5) is 0. The maximum absolute atomic E-state index is 8.74. The summed E-state index contributed by atoms with van der Waals surface area (Å²) in [6.07, 6.45) is 3.45. The topological polar surface area (TPSA) is 56.8 Å². The fourth-order valence-electron chi connectivity index (χ4n) is 2.83. The Morgan fingerprint density at radius 3 is 1.96 bits per heavy atom. The summed E-state index contributed by atoms with van der Waals surface area (Å²) in [7, 11) is 0. The largest absolute Gasteiger partial charge is 0.427 e. The lowest BCUT2D eigenvalue weighted by Crippen LogP contribution is -1.98. The first-order valence-corrected chi connectivity index (χ1v) is 9.31. The van der Waals surface area contributed by atoms with Crippen LogP contribution in [-0.2, 0) is 17.6 Å². The molecule has 28 heavy (non-hydrogen) atoms. The number of ether oxygens (including phenoxy) is 1. The summed E-state index contributed by atoms with van der Waals surface area (Å²) in [6, 6.07) is 30.4. The Balaban J connectivity index is 0.000000221. The highest BCUT2D eigenvalue weighted by Gasteiger charge is 2.05. The molecule has 140 valence electrons. The smallest absolute Gasteiger partial charge is 0.286 e. The zero-order chi connectivity index (χ0) is 20.0. The standard InChI is InChI=1S/C16H15N.C9H9NO/c1-13(16-5-3-2-4-6-16)11-14-7-9-15(12-17)10-8-14;10-8-11-7-6-9-4-2-1-3-5-9/h2-10,13H,11H2,1H3;1-5H,6-7H2. The number of benzene rings is 3. The lowest BCUT2D eigenvalue weighted by atomic mass is 9.93. The number of rotatable bonds is 6. The van der Waals surface area contributed by atoms with E-state index in [2.05, 4.69) is 42.0 Å². The normalized spacial score (nSPS) is 10.5. The van der Waals surface area contributed by atoms with Gasteiger partial charge in [0.2, 0.25) is 0 Å². The molecule has 0 aliphatic heterocycles. The van der Waals surface area contributed by atoms with Crippen molar-refractivity contribution in [1.82, 2.24) is 0 Å². The molecule has 3 aromatic carbocycles. The minimum Gasteiger partial charge on any atom is -0.427 e. The highest BCUT2D eigenvalue weighted by Crippen LogP contribution is 2.20. The fraction of sp³-hybridized carbons (Fsp3) is 0.200. The summed E-state index contributed by atoms with van der Waals surface area (Å²) >= 11 is 0. The average molecular weight is 368 g/mol.